The number of hydrogen-bond donors (Lipinski definition) is 1. The minimum absolute atomic E-state index is 0.467. The second-order valence-corrected chi connectivity index (χ2v) is 4.27. The van der Waals surface area contributed by atoms with E-state index in [0.717, 1.165) is 0 Å². The van der Waals surface area contributed by atoms with Gasteiger partial charge < -0.3 is 10.5 Å². The van der Waals surface area contributed by atoms with Gasteiger partial charge in [-0.15, -0.1) is 0 Å². The Balaban J connectivity index is 2.15. The second kappa shape index (κ2) is 5.63. The van der Waals surface area contributed by atoms with Crippen molar-refractivity contribution in [2.24, 2.45) is 5.10 Å². The lowest BCUT2D eigenvalue weighted by molar-refractivity contribution is 0.424. The van der Waals surface area contributed by atoms with Gasteiger partial charge in [0, 0.05) is 24.2 Å². The Morgan fingerprint density at radius 1 is 1.47 bits per heavy atom. The van der Waals surface area contributed by atoms with Gasteiger partial charge in [0.15, 0.2) is 0 Å². The fraction of sp³-hybridized carbons (Fsp3) is 0.0714. The van der Waals surface area contributed by atoms with E-state index in [-0.39, 0.29) is 0 Å². The van der Waals surface area contributed by atoms with E-state index >= 15 is 0 Å². The molecule has 0 saturated heterocycles. The first-order valence-electron chi connectivity index (χ1n) is 5.69. The number of nitrogen functional groups attached to an aromatic ring is 1. The van der Waals surface area contributed by atoms with Gasteiger partial charge in [0.1, 0.15) is 11.5 Å². The molecule has 0 radical (unpaired) electrons. The van der Waals surface area contributed by atoms with Crippen molar-refractivity contribution in [3.8, 4) is 5.75 Å². The molecule has 19 heavy (non-hydrogen) atoms. The van der Waals surface area contributed by atoms with E-state index in [1.807, 2.05) is 6.92 Å². The van der Waals surface area contributed by atoms with E-state index in [1.165, 1.54) is 0 Å². The van der Waals surface area contributed by atoms with Crippen LogP contribution in [0.2, 0.25) is 5.02 Å². The number of nitrogens with zero attached hydrogens (tertiary/aromatic N) is 2. The van der Waals surface area contributed by atoms with Crippen molar-refractivity contribution in [1.82, 2.24) is 5.01 Å². The molecule has 0 aliphatic carbocycles. The lowest BCUT2D eigenvalue weighted by atomic mass is 10.3. The lowest BCUT2D eigenvalue weighted by Gasteiger charge is -2.19. The Hall–Kier alpha value is -2.20. The Bertz CT molecular complexity index is 590. The monoisotopic (exact) mass is 275 g/mol. The number of rotatable bonds is 3. The Kier molecular flexibility index (Phi) is 3.92. The highest BCUT2D eigenvalue weighted by Crippen LogP contribution is 2.29. The van der Waals surface area contributed by atoms with Crippen LogP contribution in [0, 0.1) is 0 Å². The molecule has 1 aromatic carbocycles. The molecule has 1 aliphatic heterocycles. The summed E-state index contributed by atoms with van der Waals surface area (Å²) in [6.45, 7) is 5.73. The van der Waals surface area contributed by atoms with Crippen molar-refractivity contribution in [2.75, 3.05) is 5.73 Å². The van der Waals surface area contributed by atoms with E-state index in [0.29, 0.717) is 27.9 Å². The third-order valence-electron chi connectivity index (χ3n) is 2.41. The van der Waals surface area contributed by atoms with Gasteiger partial charge in [0.2, 0.25) is 0 Å². The van der Waals surface area contributed by atoms with Gasteiger partial charge in [0.05, 0.1) is 10.7 Å². The number of halogens is 1. The highest BCUT2D eigenvalue weighted by Gasteiger charge is 2.10. The minimum Gasteiger partial charge on any atom is -0.456 e. The van der Waals surface area contributed by atoms with Crippen molar-refractivity contribution in [1.29, 1.82) is 0 Å². The van der Waals surface area contributed by atoms with E-state index in [1.54, 1.807) is 47.8 Å². The predicted octanol–water partition coefficient (Wildman–Crippen LogP) is 3.53. The molecule has 1 heterocycles. The SMILES string of the molecule is C=C1C=C(Oc2ccc(N)cc2Cl)C=CN1/N=C\C. The highest BCUT2D eigenvalue weighted by atomic mass is 35.5. The number of nitrogens with two attached hydrogens (primary N) is 1. The van der Waals surface area contributed by atoms with Gasteiger partial charge in [-0.25, -0.2) is 5.01 Å². The Morgan fingerprint density at radius 2 is 2.26 bits per heavy atom. The summed E-state index contributed by atoms with van der Waals surface area (Å²) in [4.78, 5) is 0. The zero-order chi connectivity index (χ0) is 13.8. The van der Waals surface area contributed by atoms with Crippen molar-refractivity contribution < 1.29 is 4.74 Å². The minimum atomic E-state index is 0.467. The van der Waals surface area contributed by atoms with Gasteiger partial charge in [-0.05, 0) is 31.2 Å². The maximum Gasteiger partial charge on any atom is 0.146 e. The predicted molar refractivity (Wildman–Crippen MR) is 78.9 cm³/mol. The first-order chi connectivity index (χ1) is 9.10. The molecule has 1 aromatic rings. The Labute approximate surface area is 117 Å². The maximum absolute atomic E-state index is 6.05. The molecular weight excluding hydrogens is 262 g/mol. The van der Waals surface area contributed by atoms with E-state index in [2.05, 4.69) is 11.7 Å². The molecule has 2 rings (SSSR count). The first kappa shape index (κ1) is 13.2. The molecule has 98 valence electrons. The van der Waals surface area contributed by atoms with Crippen LogP contribution in [-0.2, 0) is 0 Å². The largest absolute Gasteiger partial charge is 0.456 e. The molecule has 0 saturated carbocycles. The van der Waals surface area contributed by atoms with Gasteiger partial charge in [0.25, 0.3) is 0 Å². The quantitative estimate of drug-likeness (QED) is 0.678. The van der Waals surface area contributed by atoms with Crippen LogP contribution >= 0.6 is 11.6 Å². The molecule has 0 fully saturated rings. The third kappa shape index (κ3) is 3.17. The van der Waals surface area contributed by atoms with Crippen molar-refractivity contribution in [3.63, 3.8) is 0 Å². The number of hydrogen-bond acceptors (Lipinski definition) is 4. The average Bonchev–Trinajstić information content (AvgIpc) is 2.36. The molecule has 4 nitrogen and oxygen atoms in total. The fourth-order valence-corrected chi connectivity index (χ4v) is 1.77. The molecule has 0 aromatic heterocycles. The van der Waals surface area contributed by atoms with E-state index in [4.69, 9.17) is 22.1 Å². The topological polar surface area (TPSA) is 50.9 Å². The van der Waals surface area contributed by atoms with Gasteiger partial charge in [-0.3, -0.25) is 0 Å². The summed E-state index contributed by atoms with van der Waals surface area (Å²) < 4.78 is 5.69. The molecule has 0 spiro atoms. The first-order valence-corrected chi connectivity index (χ1v) is 6.07. The number of benzene rings is 1. The van der Waals surface area contributed by atoms with Crippen LogP contribution in [0.15, 0.2) is 59.7 Å². The molecule has 5 heteroatoms. The summed E-state index contributed by atoms with van der Waals surface area (Å²) in [7, 11) is 0. The van der Waals surface area contributed by atoms with Crippen LogP contribution in [0.4, 0.5) is 5.69 Å². The van der Waals surface area contributed by atoms with Crippen LogP contribution in [-0.4, -0.2) is 11.2 Å². The molecule has 2 N–H and O–H groups in total. The molecule has 1 aliphatic rings. The number of anilines is 1. The summed E-state index contributed by atoms with van der Waals surface area (Å²) in [6.07, 6.45) is 7.02. The van der Waals surface area contributed by atoms with Crippen LogP contribution in [0.25, 0.3) is 0 Å². The molecule has 0 bridgehead atoms. The van der Waals surface area contributed by atoms with Crippen LogP contribution in [0.5, 0.6) is 5.75 Å². The summed E-state index contributed by atoms with van der Waals surface area (Å²) >= 11 is 6.05. The van der Waals surface area contributed by atoms with Crippen LogP contribution in [0.3, 0.4) is 0 Å². The van der Waals surface area contributed by atoms with Crippen molar-refractivity contribution in [3.05, 3.63) is 59.6 Å². The molecule has 0 unspecified atom stereocenters. The van der Waals surface area contributed by atoms with Crippen LogP contribution in [0.1, 0.15) is 6.92 Å². The third-order valence-corrected chi connectivity index (χ3v) is 2.70. The number of ether oxygens (including phenoxy) is 1. The Morgan fingerprint density at radius 3 is 2.89 bits per heavy atom. The lowest BCUT2D eigenvalue weighted by Crippen LogP contribution is -2.12. The molecular formula is C14H14ClN3O. The number of allylic oxidation sites excluding steroid dienone is 2. The van der Waals surface area contributed by atoms with Crippen molar-refractivity contribution in [2.45, 2.75) is 6.92 Å². The fourth-order valence-electron chi connectivity index (χ4n) is 1.55. The molecule has 0 atom stereocenters. The van der Waals surface area contributed by atoms with Crippen molar-refractivity contribution >= 4 is 23.5 Å². The summed E-state index contributed by atoms with van der Waals surface area (Å²) in [5, 5.41) is 6.23. The summed E-state index contributed by atoms with van der Waals surface area (Å²) in [5.41, 5.74) is 6.94. The van der Waals surface area contributed by atoms with E-state index < -0.39 is 0 Å². The normalized spacial score (nSPS) is 14.9. The molecule has 0 amide bonds. The van der Waals surface area contributed by atoms with Gasteiger partial charge >= 0.3 is 0 Å². The average molecular weight is 276 g/mol. The van der Waals surface area contributed by atoms with E-state index in [9.17, 15) is 0 Å². The van der Waals surface area contributed by atoms with Gasteiger partial charge in [-0.2, -0.15) is 5.10 Å². The smallest absolute Gasteiger partial charge is 0.146 e. The van der Waals surface area contributed by atoms with Gasteiger partial charge in [-0.1, -0.05) is 18.2 Å². The second-order valence-electron chi connectivity index (χ2n) is 3.86. The summed E-state index contributed by atoms with van der Waals surface area (Å²) in [6, 6.07) is 5.11. The number of hydrazone groups is 1. The van der Waals surface area contributed by atoms with Crippen LogP contribution < -0.4 is 10.5 Å². The maximum atomic E-state index is 6.05. The zero-order valence-corrected chi connectivity index (χ0v) is 11.3. The highest BCUT2D eigenvalue weighted by molar-refractivity contribution is 6.32. The standard InChI is InChI=1S/C14H14ClN3O/c1-3-17-18-7-6-12(8-10(18)2)19-14-5-4-11(16)9-13(14)15/h3-9H,2,16H2,1H3/b17-3-. The zero-order valence-electron chi connectivity index (χ0n) is 10.5. The summed E-state index contributed by atoms with van der Waals surface area (Å²) in [5.74, 6) is 1.19.